The molecule has 1 fully saturated rings. The summed E-state index contributed by atoms with van der Waals surface area (Å²) < 4.78 is 6.21. The van der Waals surface area contributed by atoms with Crippen molar-refractivity contribution >= 4 is 34.4 Å². The molecule has 0 unspecified atom stereocenters. The largest absolute Gasteiger partial charge is 0.497 e. The van der Waals surface area contributed by atoms with Gasteiger partial charge in [-0.1, -0.05) is 18.2 Å². The number of rotatable bonds is 5. The van der Waals surface area contributed by atoms with E-state index in [0.717, 1.165) is 21.3 Å². The molecule has 5 nitrogen and oxygen atoms in total. The van der Waals surface area contributed by atoms with E-state index in [2.05, 4.69) is 22.6 Å². The maximum Gasteiger partial charge on any atom is 0.253 e. The molecule has 0 saturated carbocycles. The Labute approximate surface area is 179 Å². The molecule has 0 atom stereocenters. The van der Waals surface area contributed by atoms with Crippen molar-refractivity contribution < 1.29 is 14.3 Å². The number of hydrogen-bond donors (Lipinski definition) is 0. The Morgan fingerprint density at radius 2 is 1.71 bits per heavy atom. The molecule has 2 amide bonds. The molecule has 0 bridgehead atoms. The van der Waals surface area contributed by atoms with E-state index in [4.69, 9.17) is 4.74 Å². The fraction of sp³-hybridized carbons (Fsp3) is 0.364. The van der Waals surface area contributed by atoms with Gasteiger partial charge in [-0.2, -0.15) is 0 Å². The molecule has 0 aromatic heterocycles. The lowest BCUT2D eigenvalue weighted by atomic mass is 10.1. The molecule has 1 heterocycles. The van der Waals surface area contributed by atoms with Crippen LogP contribution in [-0.2, 0) is 11.2 Å². The lowest BCUT2D eigenvalue weighted by molar-refractivity contribution is -0.131. The number of carbonyl (C=O) groups excluding carboxylic acids is 2. The highest BCUT2D eigenvalue weighted by Crippen LogP contribution is 2.15. The first-order valence-corrected chi connectivity index (χ1v) is 10.6. The Hall–Kier alpha value is -2.09. The van der Waals surface area contributed by atoms with Gasteiger partial charge in [0.1, 0.15) is 5.75 Å². The number of nitrogens with zero attached hydrogens (tertiary/aromatic N) is 2. The maximum absolute atomic E-state index is 12.8. The molecular formula is C22H25IN2O3. The van der Waals surface area contributed by atoms with Gasteiger partial charge in [-0.3, -0.25) is 9.59 Å². The number of benzene rings is 2. The minimum Gasteiger partial charge on any atom is -0.497 e. The number of ether oxygens (including phenoxy) is 1. The average Bonchev–Trinajstić information content (AvgIpc) is 2.98. The third-order valence-electron chi connectivity index (χ3n) is 4.99. The van der Waals surface area contributed by atoms with Gasteiger partial charge in [-0.05, 0) is 71.3 Å². The first-order valence-electron chi connectivity index (χ1n) is 9.52. The molecular weight excluding hydrogens is 467 g/mol. The molecule has 2 aromatic rings. The summed E-state index contributed by atoms with van der Waals surface area (Å²) >= 11 is 2.22. The Morgan fingerprint density at radius 1 is 1.00 bits per heavy atom. The summed E-state index contributed by atoms with van der Waals surface area (Å²) in [5.41, 5.74) is 1.84. The fourth-order valence-electron chi connectivity index (χ4n) is 3.38. The summed E-state index contributed by atoms with van der Waals surface area (Å²) in [6.07, 6.45) is 2.01. The number of aryl methyl sites for hydroxylation is 1. The van der Waals surface area contributed by atoms with Crippen LogP contribution in [0.15, 0.2) is 48.5 Å². The summed E-state index contributed by atoms with van der Waals surface area (Å²) in [5.74, 6) is 1.02. The zero-order chi connectivity index (χ0) is 19.9. The number of methoxy groups -OCH3 is 1. The topological polar surface area (TPSA) is 49.9 Å². The number of amides is 2. The number of halogens is 1. The average molecular weight is 492 g/mol. The molecule has 0 aliphatic carbocycles. The van der Waals surface area contributed by atoms with Gasteiger partial charge < -0.3 is 14.5 Å². The van der Waals surface area contributed by atoms with Crippen LogP contribution in [0.1, 0.15) is 28.8 Å². The Bertz CT molecular complexity index is 823. The van der Waals surface area contributed by atoms with Gasteiger partial charge >= 0.3 is 0 Å². The predicted molar refractivity (Wildman–Crippen MR) is 118 cm³/mol. The van der Waals surface area contributed by atoms with Crippen molar-refractivity contribution in [3.8, 4) is 5.75 Å². The van der Waals surface area contributed by atoms with Gasteiger partial charge in [0.15, 0.2) is 0 Å². The van der Waals surface area contributed by atoms with Crippen LogP contribution in [0.2, 0.25) is 0 Å². The molecule has 3 rings (SSSR count). The lowest BCUT2D eigenvalue weighted by Gasteiger charge is -2.22. The third kappa shape index (κ3) is 5.47. The van der Waals surface area contributed by atoms with E-state index < -0.39 is 0 Å². The number of hydrogen-bond acceptors (Lipinski definition) is 3. The molecule has 0 N–H and O–H groups in total. The van der Waals surface area contributed by atoms with Crippen molar-refractivity contribution in [1.29, 1.82) is 0 Å². The molecule has 0 spiro atoms. The van der Waals surface area contributed by atoms with E-state index in [1.165, 1.54) is 0 Å². The van der Waals surface area contributed by atoms with Gasteiger partial charge in [-0.25, -0.2) is 0 Å². The molecule has 6 heteroatoms. The van der Waals surface area contributed by atoms with Crippen molar-refractivity contribution in [3.05, 3.63) is 63.2 Å². The van der Waals surface area contributed by atoms with E-state index in [1.54, 1.807) is 7.11 Å². The normalized spacial score (nSPS) is 14.5. The molecule has 1 saturated heterocycles. The Balaban J connectivity index is 1.52. The van der Waals surface area contributed by atoms with Crippen molar-refractivity contribution in [2.24, 2.45) is 0 Å². The lowest BCUT2D eigenvalue weighted by Crippen LogP contribution is -2.37. The molecule has 1 aliphatic heterocycles. The second kappa shape index (κ2) is 9.91. The van der Waals surface area contributed by atoms with Gasteiger partial charge in [0.05, 0.1) is 7.11 Å². The van der Waals surface area contributed by atoms with Crippen molar-refractivity contribution in [3.63, 3.8) is 0 Å². The second-order valence-electron chi connectivity index (χ2n) is 6.88. The van der Waals surface area contributed by atoms with E-state index in [1.807, 2.05) is 58.3 Å². The monoisotopic (exact) mass is 492 g/mol. The minimum absolute atomic E-state index is 0.0473. The first-order chi connectivity index (χ1) is 13.6. The second-order valence-corrected chi connectivity index (χ2v) is 8.13. The van der Waals surface area contributed by atoms with Crippen LogP contribution in [0.3, 0.4) is 0 Å². The van der Waals surface area contributed by atoms with Crippen molar-refractivity contribution in [2.45, 2.75) is 19.3 Å². The quantitative estimate of drug-likeness (QED) is 0.600. The predicted octanol–water partition coefficient (Wildman–Crippen LogP) is 3.61. The standard InChI is InChI=1S/C22H25IN2O3/c1-28-20-9-6-17(7-10-20)8-11-21(26)24-12-3-13-25(15-14-24)22(27)18-4-2-5-19(23)16-18/h2,4-7,9-10,16H,3,8,11-15H2,1H3. The Kier molecular flexibility index (Phi) is 7.30. The van der Waals surface area contributed by atoms with E-state index in [-0.39, 0.29) is 11.8 Å². The number of carbonyl (C=O) groups is 2. The fourth-order valence-corrected chi connectivity index (χ4v) is 3.92. The van der Waals surface area contributed by atoms with Gasteiger partial charge in [-0.15, -0.1) is 0 Å². The SMILES string of the molecule is COc1ccc(CCC(=O)N2CCCN(C(=O)c3cccc(I)c3)CC2)cc1. The van der Waals surface area contributed by atoms with E-state index in [0.29, 0.717) is 44.6 Å². The zero-order valence-electron chi connectivity index (χ0n) is 16.1. The summed E-state index contributed by atoms with van der Waals surface area (Å²) in [6.45, 7) is 2.57. The highest BCUT2D eigenvalue weighted by Gasteiger charge is 2.22. The van der Waals surface area contributed by atoms with Crippen LogP contribution >= 0.6 is 22.6 Å². The van der Waals surface area contributed by atoms with Crippen LogP contribution in [0.5, 0.6) is 5.75 Å². The smallest absolute Gasteiger partial charge is 0.253 e. The van der Waals surface area contributed by atoms with Crippen LogP contribution in [0, 0.1) is 3.57 Å². The molecule has 2 aromatic carbocycles. The third-order valence-corrected chi connectivity index (χ3v) is 5.66. The summed E-state index contributed by atoms with van der Waals surface area (Å²) in [4.78, 5) is 29.1. The highest BCUT2D eigenvalue weighted by atomic mass is 127. The van der Waals surface area contributed by atoms with Crippen molar-refractivity contribution in [1.82, 2.24) is 9.80 Å². The van der Waals surface area contributed by atoms with Gasteiger partial charge in [0.25, 0.3) is 5.91 Å². The highest BCUT2D eigenvalue weighted by molar-refractivity contribution is 14.1. The maximum atomic E-state index is 12.8. The van der Waals surface area contributed by atoms with Crippen LogP contribution in [0.25, 0.3) is 0 Å². The minimum atomic E-state index is 0.0473. The van der Waals surface area contributed by atoms with Gasteiger partial charge in [0, 0.05) is 41.7 Å². The summed E-state index contributed by atoms with van der Waals surface area (Å²) in [7, 11) is 1.64. The Morgan fingerprint density at radius 3 is 2.43 bits per heavy atom. The molecule has 148 valence electrons. The zero-order valence-corrected chi connectivity index (χ0v) is 18.2. The van der Waals surface area contributed by atoms with Crippen molar-refractivity contribution in [2.75, 3.05) is 33.3 Å². The van der Waals surface area contributed by atoms with E-state index >= 15 is 0 Å². The van der Waals surface area contributed by atoms with Crippen LogP contribution in [0.4, 0.5) is 0 Å². The van der Waals surface area contributed by atoms with Crippen LogP contribution in [-0.4, -0.2) is 54.9 Å². The molecule has 28 heavy (non-hydrogen) atoms. The molecule has 0 radical (unpaired) electrons. The summed E-state index contributed by atoms with van der Waals surface area (Å²) in [5, 5.41) is 0. The van der Waals surface area contributed by atoms with Crippen LogP contribution < -0.4 is 4.74 Å². The van der Waals surface area contributed by atoms with E-state index in [9.17, 15) is 9.59 Å². The summed E-state index contributed by atoms with van der Waals surface area (Å²) in [6, 6.07) is 15.5. The van der Waals surface area contributed by atoms with Gasteiger partial charge in [0.2, 0.25) is 5.91 Å². The first kappa shape index (κ1) is 20.6. The molecule has 1 aliphatic rings.